The predicted octanol–water partition coefficient (Wildman–Crippen LogP) is 1.22. The lowest BCUT2D eigenvalue weighted by Crippen LogP contribution is -1.90. The van der Waals surface area contributed by atoms with Gasteiger partial charge in [-0.25, -0.2) is 9.97 Å². The molecule has 0 unspecified atom stereocenters. The van der Waals surface area contributed by atoms with Gasteiger partial charge in [0.1, 0.15) is 6.33 Å². The summed E-state index contributed by atoms with van der Waals surface area (Å²) in [6.45, 7) is 1.94. The molecule has 0 atom stereocenters. The summed E-state index contributed by atoms with van der Waals surface area (Å²) in [6.07, 6.45) is 3.64. The van der Waals surface area contributed by atoms with Crippen LogP contribution in [0.2, 0.25) is 0 Å². The molecule has 0 amide bonds. The molecule has 62 valence electrons. The molecule has 12 heavy (non-hydrogen) atoms. The van der Waals surface area contributed by atoms with Gasteiger partial charge in [0.2, 0.25) is 0 Å². The van der Waals surface area contributed by atoms with E-state index in [1.165, 1.54) is 11.3 Å². The molecule has 2 rings (SSSR count). The van der Waals surface area contributed by atoms with Crippen molar-refractivity contribution in [2.75, 3.05) is 5.73 Å². The van der Waals surface area contributed by atoms with E-state index in [1.54, 1.807) is 6.33 Å². The van der Waals surface area contributed by atoms with Crippen LogP contribution in [0, 0.1) is 6.92 Å². The Kier molecular flexibility index (Phi) is 1.58. The molecule has 0 aliphatic carbocycles. The molecule has 0 saturated heterocycles. The Morgan fingerprint density at radius 3 is 2.92 bits per heavy atom. The third-order valence-corrected chi connectivity index (χ3v) is 2.15. The minimum Gasteiger partial charge on any atom is -0.375 e. The SMILES string of the molecule is Cc1cn(-c2csc(N)n2)cn1. The van der Waals surface area contributed by atoms with Gasteiger partial charge in [0.15, 0.2) is 10.9 Å². The van der Waals surface area contributed by atoms with Gasteiger partial charge in [0.05, 0.1) is 5.69 Å². The standard InChI is InChI=1S/C7H8N4S/c1-5-2-11(4-9-5)6-3-12-7(8)10-6/h2-4H,1H3,(H2,8,10). The zero-order valence-corrected chi connectivity index (χ0v) is 7.38. The van der Waals surface area contributed by atoms with Gasteiger partial charge in [0, 0.05) is 11.6 Å². The molecule has 0 aliphatic heterocycles. The Balaban J connectivity index is 2.43. The van der Waals surface area contributed by atoms with Gasteiger partial charge in [-0.15, -0.1) is 11.3 Å². The van der Waals surface area contributed by atoms with Crippen LogP contribution in [0.1, 0.15) is 5.69 Å². The van der Waals surface area contributed by atoms with Crippen LogP contribution in [0.3, 0.4) is 0 Å². The summed E-state index contributed by atoms with van der Waals surface area (Å²) in [7, 11) is 0. The normalized spacial score (nSPS) is 10.4. The molecule has 0 fully saturated rings. The lowest BCUT2D eigenvalue weighted by molar-refractivity contribution is 1.01. The Morgan fingerprint density at radius 1 is 1.58 bits per heavy atom. The average Bonchev–Trinajstić information content (AvgIpc) is 2.58. The van der Waals surface area contributed by atoms with E-state index in [2.05, 4.69) is 9.97 Å². The number of imidazole rings is 1. The minimum absolute atomic E-state index is 0.580. The first-order chi connectivity index (χ1) is 5.75. The minimum atomic E-state index is 0.580. The third kappa shape index (κ3) is 1.18. The van der Waals surface area contributed by atoms with E-state index in [-0.39, 0.29) is 0 Å². The number of thiazole rings is 1. The Labute approximate surface area is 73.7 Å². The molecule has 0 aliphatic rings. The van der Waals surface area contributed by atoms with Crippen molar-refractivity contribution in [1.82, 2.24) is 14.5 Å². The molecule has 4 nitrogen and oxygen atoms in total. The molecule has 5 heteroatoms. The van der Waals surface area contributed by atoms with Crippen molar-refractivity contribution in [2.45, 2.75) is 6.92 Å². The summed E-state index contributed by atoms with van der Waals surface area (Å²) < 4.78 is 1.85. The van der Waals surface area contributed by atoms with E-state index < -0.39 is 0 Å². The quantitative estimate of drug-likeness (QED) is 0.717. The van der Waals surface area contributed by atoms with Gasteiger partial charge in [-0.1, -0.05) is 0 Å². The highest BCUT2D eigenvalue weighted by molar-refractivity contribution is 7.13. The Hall–Kier alpha value is -1.36. The number of nitrogens with zero attached hydrogens (tertiary/aromatic N) is 3. The first-order valence-corrected chi connectivity index (χ1v) is 4.35. The monoisotopic (exact) mass is 180 g/mol. The molecule has 2 aromatic rings. The summed E-state index contributed by atoms with van der Waals surface area (Å²) in [4.78, 5) is 8.20. The molecule has 2 aromatic heterocycles. The van der Waals surface area contributed by atoms with Crippen LogP contribution in [0.5, 0.6) is 0 Å². The first kappa shape index (κ1) is 7.30. The Morgan fingerprint density at radius 2 is 2.42 bits per heavy atom. The maximum Gasteiger partial charge on any atom is 0.182 e. The molecule has 0 aromatic carbocycles. The van der Waals surface area contributed by atoms with Crippen molar-refractivity contribution >= 4 is 16.5 Å². The third-order valence-electron chi connectivity index (χ3n) is 1.49. The van der Waals surface area contributed by atoms with Gasteiger partial charge < -0.3 is 5.73 Å². The van der Waals surface area contributed by atoms with Gasteiger partial charge in [-0.3, -0.25) is 4.57 Å². The Bertz CT molecular complexity index is 351. The smallest absolute Gasteiger partial charge is 0.182 e. The molecule has 2 heterocycles. The number of anilines is 1. The molecular formula is C7H8N4S. The highest BCUT2D eigenvalue weighted by Crippen LogP contribution is 2.14. The fraction of sp³-hybridized carbons (Fsp3) is 0.143. The average molecular weight is 180 g/mol. The number of nitrogens with two attached hydrogens (primary N) is 1. The van der Waals surface area contributed by atoms with Gasteiger partial charge in [-0.05, 0) is 6.92 Å². The fourth-order valence-corrected chi connectivity index (χ4v) is 1.49. The molecule has 2 N–H and O–H groups in total. The lowest BCUT2D eigenvalue weighted by Gasteiger charge is -1.91. The number of hydrogen-bond acceptors (Lipinski definition) is 4. The van der Waals surface area contributed by atoms with E-state index in [0.29, 0.717) is 5.13 Å². The summed E-state index contributed by atoms with van der Waals surface area (Å²) >= 11 is 1.43. The van der Waals surface area contributed by atoms with Crippen molar-refractivity contribution in [2.24, 2.45) is 0 Å². The molecule has 0 saturated carbocycles. The second kappa shape index (κ2) is 2.60. The van der Waals surface area contributed by atoms with Crippen LogP contribution in [0.25, 0.3) is 5.82 Å². The van der Waals surface area contributed by atoms with Gasteiger partial charge in [0.25, 0.3) is 0 Å². The molecule has 0 bridgehead atoms. The van der Waals surface area contributed by atoms with E-state index in [9.17, 15) is 0 Å². The van der Waals surface area contributed by atoms with Crippen LogP contribution in [-0.4, -0.2) is 14.5 Å². The number of rotatable bonds is 1. The zero-order chi connectivity index (χ0) is 8.55. The van der Waals surface area contributed by atoms with Crippen molar-refractivity contribution in [3.8, 4) is 5.82 Å². The highest BCUT2D eigenvalue weighted by atomic mass is 32.1. The molecule has 0 spiro atoms. The van der Waals surface area contributed by atoms with Crippen LogP contribution in [0.15, 0.2) is 17.9 Å². The fourth-order valence-electron chi connectivity index (χ4n) is 0.944. The summed E-state index contributed by atoms with van der Waals surface area (Å²) in [5.41, 5.74) is 6.47. The van der Waals surface area contributed by atoms with Crippen LogP contribution in [0.4, 0.5) is 5.13 Å². The largest absolute Gasteiger partial charge is 0.375 e. The van der Waals surface area contributed by atoms with Gasteiger partial charge >= 0.3 is 0 Å². The number of hydrogen-bond donors (Lipinski definition) is 1. The number of nitrogen functional groups attached to an aromatic ring is 1. The van der Waals surface area contributed by atoms with E-state index in [4.69, 9.17) is 5.73 Å². The predicted molar refractivity (Wildman–Crippen MR) is 48.4 cm³/mol. The van der Waals surface area contributed by atoms with Crippen molar-refractivity contribution in [1.29, 1.82) is 0 Å². The van der Waals surface area contributed by atoms with Crippen molar-refractivity contribution in [3.63, 3.8) is 0 Å². The summed E-state index contributed by atoms with van der Waals surface area (Å²) in [6, 6.07) is 0. The highest BCUT2D eigenvalue weighted by Gasteiger charge is 2.00. The van der Waals surface area contributed by atoms with Crippen molar-refractivity contribution < 1.29 is 0 Å². The topological polar surface area (TPSA) is 56.7 Å². The first-order valence-electron chi connectivity index (χ1n) is 3.47. The van der Waals surface area contributed by atoms with Crippen LogP contribution in [-0.2, 0) is 0 Å². The van der Waals surface area contributed by atoms with E-state index in [0.717, 1.165) is 11.5 Å². The molecule has 0 radical (unpaired) electrons. The van der Waals surface area contributed by atoms with E-state index in [1.807, 2.05) is 23.1 Å². The van der Waals surface area contributed by atoms with E-state index >= 15 is 0 Å². The zero-order valence-electron chi connectivity index (χ0n) is 6.56. The van der Waals surface area contributed by atoms with Crippen LogP contribution < -0.4 is 5.73 Å². The van der Waals surface area contributed by atoms with Crippen molar-refractivity contribution in [3.05, 3.63) is 23.6 Å². The second-order valence-electron chi connectivity index (χ2n) is 2.47. The molecular weight excluding hydrogens is 172 g/mol. The number of aryl methyl sites for hydroxylation is 1. The maximum atomic E-state index is 5.50. The van der Waals surface area contributed by atoms with Crippen LogP contribution >= 0.6 is 11.3 Å². The number of aromatic nitrogens is 3. The second-order valence-corrected chi connectivity index (χ2v) is 3.36. The summed E-state index contributed by atoms with van der Waals surface area (Å²) in [5, 5.41) is 2.48. The maximum absolute atomic E-state index is 5.50. The lowest BCUT2D eigenvalue weighted by atomic mass is 10.6. The summed E-state index contributed by atoms with van der Waals surface area (Å²) in [5.74, 6) is 0.832. The van der Waals surface area contributed by atoms with Gasteiger partial charge in [-0.2, -0.15) is 0 Å².